The van der Waals surface area contributed by atoms with Crippen molar-refractivity contribution >= 4 is 11.9 Å². The molecule has 194 valence electrons. The van der Waals surface area contributed by atoms with E-state index in [0.29, 0.717) is 22.8 Å². The summed E-state index contributed by atoms with van der Waals surface area (Å²) in [6.45, 7) is 2.75. The zero-order valence-corrected chi connectivity index (χ0v) is 21.7. The standard InChI is InChI=1S/C30H28N2O6/c1-19(33)37-17-25-13-23(21-5-9-27(35-3)10-6-21)15-29(31-25)30-16-24(14-26(32-30)18-38-20(2)34)22-7-11-28(36-4)12-8-22/h5-16H,17-18H2,1-4H3. The molecular formula is C30H28N2O6. The smallest absolute Gasteiger partial charge is 0.303 e. The Balaban J connectivity index is 1.83. The topological polar surface area (TPSA) is 96.8 Å². The molecule has 0 amide bonds. The van der Waals surface area contributed by atoms with Gasteiger partial charge in [0.1, 0.15) is 24.7 Å². The Morgan fingerprint density at radius 1 is 0.579 bits per heavy atom. The molecule has 0 spiro atoms. The lowest BCUT2D eigenvalue weighted by Crippen LogP contribution is -2.04. The van der Waals surface area contributed by atoms with E-state index in [9.17, 15) is 9.59 Å². The molecule has 0 aliphatic heterocycles. The number of methoxy groups -OCH3 is 2. The largest absolute Gasteiger partial charge is 0.497 e. The van der Waals surface area contributed by atoms with Gasteiger partial charge in [0.2, 0.25) is 0 Å². The van der Waals surface area contributed by atoms with Gasteiger partial charge >= 0.3 is 11.9 Å². The fourth-order valence-electron chi connectivity index (χ4n) is 3.84. The van der Waals surface area contributed by atoms with Crippen molar-refractivity contribution in [1.82, 2.24) is 9.97 Å². The van der Waals surface area contributed by atoms with Crippen LogP contribution in [-0.2, 0) is 32.3 Å². The highest BCUT2D eigenvalue weighted by Crippen LogP contribution is 2.31. The van der Waals surface area contributed by atoms with Crippen molar-refractivity contribution < 1.29 is 28.5 Å². The van der Waals surface area contributed by atoms with Crippen LogP contribution in [0.5, 0.6) is 11.5 Å². The van der Waals surface area contributed by atoms with Crippen LogP contribution in [-0.4, -0.2) is 36.1 Å². The number of carbonyl (C=O) groups is 2. The van der Waals surface area contributed by atoms with Crippen molar-refractivity contribution in [2.45, 2.75) is 27.1 Å². The zero-order chi connectivity index (χ0) is 27.1. The third-order valence-electron chi connectivity index (χ3n) is 5.71. The van der Waals surface area contributed by atoms with E-state index in [0.717, 1.165) is 33.8 Å². The van der Waals surface area contributed by atoms with Crippen molar-refractivity contribution in [3.05, 3.63) is 84.2 Å². The second-order valence-corrected chi connectivity index (χ2v) is 8.48. The minimum atomic E-state index is -0.397. The average molecular weight is 513 g/mol. The number of aromatic nitrogens is 2. The van der Waals surface area contributed by atoms with E-state index < -0.39 is 11.9 Å². The molecule has 8 heteroatoms. The first-order valence-electron chi connectivity index (χ1n) is 11.9. The van der Waals surface area contributed by atoms with Crippen molar-refractivity contribution in [3.8, 4) is 45.1 Å². The summed E-state index contributed by atoms with van der Waals surface area (Å²) in [4.78, 5) is 32.5. The van der Waals surface area contributed by atoms with Crippen LogP contribution in [0.25, 0.3) is 33.6 Å². The molecule has 2 aromatic heterocycles. The molecule has 0 N–H and O–H groups in total. The van der Waals surface area contributed by atoms with Gasteiger partial charge in [0.15, 0.2) is 0 Å². The Morgan fingerprint density at radius 2 is 0.947 bits per heavy atom. The Morgan fingerprint density at radius 3 is 1.26 bits per heavy atom. The van der Waals surface area contributed by atoms with E-state index in [-0.39, 0.29) is 13.2 Å². The second-order valence-electron chi connectivity index (χ2n) is 8.48. The van der Waals surface area contributed by atoms with Crippen molar-refractivity contribution in [2.24, 2.45) is 0 Å². The van der Waals surface area contributed by atoms with Gasteiger partial charge in [-0.05, 0) is 70.8 Å². The van der Waals surface area contributed by atoms with Crippen LogP contribution in [0, 0.1) is 0 Å². The molecule has 0 radical (unpaired) electrons. The van der Waals surface area contributed by atoms with E-state index in [2.05, 4.69) is 0 Å². The lowest BCUT2D eigenvalue weighted by Gasteiger charge is -2.13. The molecular weight excluding hydrogens is 484 g/mol. The van der Waals surface area contributed by atoms with Crippen molar-refractivity contribution in [2.75, 3.05) is 14.2 Å². The number of hydrogen-bond acceptors (Lipinski definition) is 8. The van der Waals surface area contributed by atoms with Gasteiger partial charge in [-0.2, -0.15) is 0 Å². The summed E-state index contributed by atoms with van der Waals surface area (Å²) < 4.78 is 21.0. The number of carbonyl (C=O) groups excluding carboxylic acids is 2. The van der Waals surface area contributed by atoms with E-state index in [4.69, 9.17) is 28.9 Å². The Labute approximate surface area is 221 Å². The predicted molar refractivity (Wildman–Crippen MR) is 142 cm³/mol. The summed E-state index contributed by atoms with van der Waals surface area (Å²) in [6.07, 6.45) is 0. The fourth-order valence-corrected chi connectivity index (χ4v) is 3.84. The molecule has 0 saturated carbocycles. The van der Waals surface area contributed by atoms with Gasteiger partial charge in [0.25, 0.3) is 0 Å². The highest BCUT2D eigenvalue weighted by atomic mass is 16.5. The van der Waals surface area contributed by atoms with Crippen LogP contribution in [0.3, 0.4) is 0 Å². The van der Waals surface area contributed by atoms with E-state index in [1.165, 1.54) is 13.8 Å². The molecule has 0 bridgehead atoms. The maximum atomic E-state index is 11.5. The number of rotatable bonds is 9. The van der Waals surface area contributed by atoms with Crippen LogP contribution < -0.4 is 9.47 Å². The molecule has 38 heavy (non-hydrogen) atoms. The number of pyridine rings is 2. The lowest BCUT2D eigenvalue weighted by atomic mass is 10.0. The van der Waals surface area contributed by atoms with Crippen LogP contribution in [0.15, 0.2) is 72.8 Å². The molecule has 8 nitrogen and oxygen atoms in total. The minimum Gasteiger partial charge on any atom is -0.497 e. The Kier molecular flexibility index (Phi) is 8.33. The molecule has 2 heterocycles. The summed E-state index contributed by atoms with van der Waals surface area (Å²) in [5.74, 6) is 0.692. The predicted octanol–water partition coefficient (Wildman–Crippen LogP) is 5.62. The third kappa shape index (κ3) is 6.73. The average Bonchev–Trinajstić information content (AvgIpc) is 2.94. The highest BCUT2D eigenvalue weighted by Gasteiger charge is 2.13. The van der Waals surface area contributed by atoms with Gasteiger partial charge in [0, 0.05) is 13.8 Å². The SMILES string of the molecule is COc1ccc(-c2cc(COC(C)=O)nc(-c3cc(-c4ccc(OC)cc4)cc(COC(C)=O)n3)c2)cc1. The van der Waals surface area contributed by atoms with Gasteiger partial charge in [-0.3, -0.25) is 9.59 Å². The minimum absolute atomic E-state index is 0.0187. The molecule has 0 aliphatic rings. The Bertz CT molecular complexity index is 1320. The number of hydrogen-bond donors (Lipinski definition) is 0. The van der Waals surface area contributed by atoms with Gasteiger partial charge in [-0.15, -0.1) is 0 Å². The molecule has 0 saturated heterocycles. The first-order valence-corrected chi connectivity index (χ1v) is 11.9. The zero-order valence-electron chi connectivity index (χ0n) is 21.7. The maximum absolute atomic E-state index is 11.5. The molecule has 0 unspecified atom stereocenters. The van der Waals surface area contributed by atoms with Crippen LogP contribution in [0.4, 0.5) is 0 Å². The summed E-state index contributed by atoms with van der Waals surface area (Å²) in [6, 6.07) is 22.9. The second kappa shape index (κ2) is 12.0. The van der Waals surface area contributed by atoms with E-state index in [1.54, 1.807) is 14.2 Å². The van der Waals surface area contributed by atoms with Crippen molar-refractivity contribution in [3.63, 3.8) is 0 Å². The fraction of sp³-hybridized carbons (Fsp3) is 0.200. The van der Waals surface area contributed by atoms with E-state index in [1.807, 2.05) is 72.8 Å². The van der Waals surface area contributed by atoms with Crippen LogP contribution >= 0.6 is 0 Å². The monoisotopic (exact) mass is 512 g/mol. The van der Waals surface area contributed by atoms with Gasteiger partial charge in [-0.25, -0.2) is 9.97 Å². The van der Waals surface area contributed by atoms with Gasteiger partial charge in [0.05, 0.1) is 37.0 Å². The first kappa shape index (κ1) is 26.3. The van der Waals surface area contributed by atoms with E-state index >= 15 is 0 Å². The summed E-state index contributed by atoms with van der Waals surface area (Å²) in [5.41, 5.74) is 5.93. The lowest BCUT2D eigenvalue weighted by molar-refractivity contribution is -0.143. The summed E-state index contributed by atoms with van der Waals surface area (Å²) in [7, 11) is 3.23. The highest BCUT2D eigenvalue weighted by molar-refractivity contribution is 5.74. The Hall–Kier alpha value is -4.72. The molecule has 0 fully saturated rings. The summed E-state index contributed by atoms with van der Waals surface area (Å²) >= 11 is 0. The van der Waals surface area contributed by atoms with Crippen molar-refractivity contribution in [1.29, 1.82) is 0 Å². The molecule has 2 aromatic carbocycles. The molecule has 0 aliphatic carbocycles. The summed E-state index contributed by atoms with van der Waals surface area (Å²) in [5, 5.41) is 0. The number of ether oxygens (including phenoxy) is 4. The molecule has 0 atom stereocenters. The number of nitrogens with zero attached hydrogens (tertiary/aromatic N) is 2. The van der Waals surface area contributed by atoms with Gasteiger partial charge < -0.3 is 18.9 Å². The normalized spacial score (nSPS) is 10.5. The quantitative estimate of drug-likeness (QED) is 0.267. The number of benzene rings is 2. The number of esters is 2. The van der Waals surface area contributed by atoms with Gasteiger partial charge in [-0.1, -0.05) is 24.3 Å². The molecule has 4 rings (SSSR count). The molecule has 4 aromatic rings. The third-order valence-corrected chi connectivity index (χ3v) is 5.71. The first-order chi connectivity index (χ1) is 18.3. The van der Waals surface area contributed by atoms with Crippen LogP contribution in [0.1, 0.15) is 25.2 Å². The maximum Gasteiger partial charge on any atom is 0.303 e. The van der Waals surface area contributed by atoms with Crippen LogP contribution in [0.2, 0.25) is 0 Å².